The number of hydrogen-bond acceptors (Lipinski definition) is 3. The van der Waals surface area contributed by atoms with Crippen LogP contribution in [0.25, 0.3) is 0 Å². The second-order valence-electron chi connectivity index (χ2n) is 3.16. The average molecular weight is 263 g/mol. The zero-order chi connectivity index (χ0) is 14.8. The molecule has 0 aliphatic carbocycles. The third-order valence-electron chi connectivity index (χ3n) is 1.64. The molecule has 0 saturated heterocycles. The van der Waals surface area contributed by atoms with Gasteiger partial charge in [0.1, 0.15) is 5.78 Å². The Hall–Kier alpha value is -0.900. The number of ketones is 1. The van der Waals surface area contributed by atoms with Gasteiger partial charge in [-0.2, -0.15) is 0 Å². The van der Waals surface area contributed by atoms with Crippen molar-refractivity contribution in [3.05, 3.63) is 0 Å². The van der Waals surface area contributed by atoms with E-state index in [1.807, 2.05) is 34.6 Å². The predicted molar refractivity (Wildman–Crippen MR) is 78.8 cm³/mol. The predicted octanol–water partition coefficient (Wildman–Crippen LogP) is 3.20. The number of Topliss-reactive ketones (excluding diaryl/α,β-unsaturated/α-hetero) is 1. The lowest BCUT2D eigenvalue weighted by Gasteiger charge is -2.04. The molecule has 4 heteroatoms. The van der Waals surface area contributed by atoms with Crippen LogP contribution >= 0.6 is 0 Å². The number of hydrogen-bond donors (Lipinski definition) is 1. The molecule has 1 amide bonds. The molecule has 0 bridgehead atoms. The molecule has 0 saturated carbocycles. The fourth-order valence-corrected chi connectivity index (χ4v) is 0.896. The quantitative estimate of drug-likeness (QED) is 0.684. The van der Waals surface area contributed by atoms with Crippen molar-refractivity contribution < 1.29 is 15.8 Å². The van der Waals surface area contributed by atoms with Gasteiger partial charge in [-0.15, -0.1) is 0 Å². The molecule has 0 rings (SSSR count). The van der Waals surface area contributed by atoms with Crippen molar-refractivity contribution in [3.63, 3.8) is 0 Å². The lowest BCUT2D eigenvalue weighted by Crippen LogP contribution is -2.26. The highest BCUT2D eigenvalue weighted by molar-refractivity contribution is 5.75. The Morgan fingerprint density at radius 1 is 1.06 bits per heavy atom. The summed E-state index contributed by atoms with van der Waals surface area (Å²) in [6.07, 6.45) is 1.87. The second kappa shape index (κ2) is 21.4. The minimum absolute atomic E-state index is 0. The summed E-state index contributed by atoms with van der Waals surface area (Å²) in [4.78, 5) is 21.5. The lowest BCUT2D eigenvalue weighted by atomic mass is 10.3. The maximum absolute atomic E-state index is 11.0. The van der Waals surface area contributed by atoms with Crippen molar-refractivity contribution in [1.29, 1.82) is 0 Å². The number of carbonyl (C=O) groups excluding carboxylic acids is 2. The highest BCUT2D eigenvalue weighted by Crippen LogP contribution is 1.86. The smallest absolute Gasteiger partial charge is 0.220 e. The molecular formula is C14H33NO3. The topological polar surface area (TPSA) is 55.4 Å². The van der Waals surface area contributed by atoms with Gasteiger partial charge in [0, 0.05) is 20.8 Å². The number of rotatable bonds is 8. The zero-order valence-electron chi connectivity index (χ0n) is 13.0. The molecule has 4 nitrogen and oxygen atoms in total. The molecule has 0 aromatic rings. The van der Waals surface area contributed by atoms with E-state index < -0.39 is 0 Å². The molecule has 0 fully saturated rings. The molecule has 0 radical (unpaired) electrons. The molecule has 0 heterocycles. The Bertz CT molecular complexity index is 188. The Morgan fingerprint density at radius 3 is 2.06 bits per heavy atom. The zero-order valence-corrected chi connectivity index (χ0v) is 13.0. The lowest BCUT2D eigenvalue weighted by molar-refractivity contribution is -0.122. The Morgan fingerprint density at radius 2 is 1.61 bits per heavy atom. The highest BCUT2D eigenvalue weighted by atomic mass is 16.5. The molecular weight excluding hydrogens is 230 g/mol. The van der Waals surface area contributed by atoms with Crippen LogP contribution in [0, 0.1) is 0 Å². The molecule has 0 aromatic heterocycles. The van der Waals surface area contributed by atoms with Gasteiger partial charge in [-0.3, -0.25) is 9.59 Å². The summed E-state index contributed by atoms with van der Waals surface area (Å²) >= 11 is 0. The Kier molecular flexibility index (Phi) is 26.5. The average Bonchev–Trinajstić information content (AvgIpc) is 2.38. The number of carbonyl (C=O) groups is 2. The van der Waals surface area contributed by atoms with Gasteiger partial charge in [0.25, 0.3) is 0 Å². The number of ether oxygens (including phenoxy) is 1. The molecule has 0 unspecified atom stereocenters. The van der Waals surface area contributed by atoms with Crippen LogP contribution < -0.4 is 5.32 Å². The van der Waals surface area contributed by atoms with Gasteiger partial charge in [0.2, 0.25) is 5.91 Å². The molecule has 1 N–H and O–H groups in total. The molecule has 0 aliphatic rings. The standard InChI is InChI=1S/C10H19NO3.2C2H6.H2/c1-3-4-10(13)11-6-8-14-7-5-9(2)12;2*1-2;/h3-8H2,1-2H3,(H,11,13);2*1-2H3;1H. The summed E-state index contributed by atoms with van der Waals surface area (Å²) in [5, 5.41) is 2.72. The first-order valence-electron chi connectivity index (χ1n) is 7.00. The van der Waals surface area contributed by atoms with Crippen LogP contribution in [0.5, 0.6) is 0 Å². The fraction of sp³-hybridized carbons (Fsp3) is 0.857. The minimum Gasteiger partial charge on any atom is -0.379 e. The Balaban J connectivity index is -0.000000204. The van der Waals surface area contributed by atoms with Gasteiger partial charge < -0.3 is 10.1 Å². The third kappa shape index (κ3) is 24.4. The summed E-state index contributed by atoms with van der Waals surface area (Å²) in [5.41, 5.74) is 0. The van der Waals surface area contributed by atoms with Crippen LogP contribution in [-0.4, -0.2) is 31.4 Å². The largest absolute Gasteiger partial charge is 0.379 e. The third-order valence-corrected chi connectivity index (χ3v) is 1.64. The fourth-order valence-electron chi connectivity index (χ4n) is 0.896. The van der Waals surface area contributed by atoms with Crippen LogP contribution in [0.1, 0.15) is 62.2 Å². The van der Waals surface area contributed by atoms with E-state index in [0.29, 0.717) is 32.6 Å². The van der Waals surface area contributed by atoms with Crippen molar-refractivity contribution in [1.82, 2.24) is 5.32 Å². The van der Waals surface area contributed by atoms with Crippen molar-refractivity contribution in [2.45, 2.75) is 60.8 Å². The molecule has 18 heavy (non-hydrogen) atoms. The van der Waals surface area contributed by atoms with Crippen molar-refractivity contribution in [3.8, 4) is 0 Å². The molecule has 0 atom stereocenters. The maximum atomic E-state index is 11.0. The van der Waals surface area contributed by atoms with Crippen LogP contribution in [0.2, 0.25) is 0 Å². The molecule has 0 spiro atoms. The first kappa shape index (κ1) is 22.3. The van der Waals surface area contributed by atoms with Gasteiger partial charge in [-0.05, 0) is 13.3 Å². The molecule has 112 valence electrons. The maximum Gasteiger partial charge on any atom is 0.220 e. The number of amides is 1. The Labute approximate surface area is 114 Å². The van der Waals surface area contributed by atoms with E-state index in [1.165, 1.54) is 6.92 Å². The van der Waals surface area contributed by atoms with E-state index in [9.17, 15) is 9.59 Å². The first-order chi connectivity index (χ1) is 8.66. The van der Waals surface area contributed by atoms with E-state index in [0.717, 1.165) is 6.42 Å². The van der Waals surface area contributed by atoms with E-state index in [1.54, 1.807) is 0 Å². The van der Waals surface area contributed by atoms with Crippen LogP contribution in [0.3, 0.4) is 0 Å². The van der Waals surface area contributed by atoms with E-state index >= 15 is 0 Å². The van der Waals surface area contributed by atoms with Gasteiger partial charge in [0.15, 0.2) is 0 Å². The van der Waals surface area contributed by atoms with Crippen LogP contribution in [0.15, 0.2) is 0 Å². The molecule has 0 aliphatic heterocycles. The summed E-state index contributed by atoms with van der Waals surface area (Å²) in [5.74, 6) is 0.183. The van der Waals surface area contributed by atoms with Crippen molar-refractivity contribution in [2.24, 2.45) is 0 Å². The normalized spacial score (nSPS) is 8.33. The first-order valence-corrected chi connectivity index (χ1v) is 7.00. The summed E-state index contributed by atoms with van der Waals surface area (Å²) in [6.45, 7) is 12.9. The van der Waals surface area contributed by atoms with Gasteiger partial charge in [-0.25, -0.2) is 0 Å². The van der Waals surface area contributed by atoms with Crippen LogP contribution in [0.4, 0.5) is 0 Å². The van der Waals surface area contributed by atoms with Gasteiger partial charge in [-0.1, -0.05) is 34.6 Å². The van der Waals surface area contributed by atoms with Crippen molar-refractivity contribution >= 4 is 11.7 Å². The second-order valence-corrected chi connectivity index (χ2v) is 3.16. The van der Waals surface area contributed by atoms with E-state index in [2.05, 4.69) is 5.32 Å². The minimum atomic E-state index is 0. The highest BCUT2D eigenvalue weighted by Gasteiger charge is 1.97. The van der Waals surface area contributed by atoms with Gasteiger partial charge >= 0.3 is 0 Å². The number of nitrogens with one attached hydrogen (secondary N) is 1. The van der Waals surface area contributed by atoms with Gasteiger partial charge in [0.05, 0.1) is 13.2 Å². The summed E-state index contributed by atoms with van der Waals surface area (Å²) in [7, 11) is 0. The summed E-state index contributed by atoms with van der Waals surface area (Å²) < 4.78 is 5.14. The SMILES string of the molecule is CC.CC.CCCC(=O)NCCOCCC(C)=O.[HH]. The molecule has 0 aromatic carbocycles. The monoisotopic (exact) mass is 263 g/mol. The summed E-state index contributed by atoms with van der Waals surface area (Å²) in [6, 6.07) is 0. The van der Waals surface area contributed by atoms with E-state index in [4.69, 9.17) is 4.74 Å². The van der Waals surface area contributed by atoms with Crippen LogP contribution in [-0.2, 0) is 14.3 Å². The van der Waals surface area contributed by atoms with E-state index in [-0.39, 0.29) is 13.1 Å². The van der Waals surface area contributed by atoms with Crippen molar-refractivity contribution in [2.75, 3.05) is 19.8 Å².